The molecule has 0 spiro atoms. The summed E-state index contributed by atoms with van der Waals surface area (Å²) in [5.41, 5.74) is 2.80. The zero-order chi connectivity index (χ0) is 14.7. The fraction of sp³-hybridized carbons (Fsp3) is 0.500. The molecule has 0 amide bonds. The molecular formula is C18H24N2S. The third-order valence-electron chi connectivity index (χ3n) is 4.67. The van der Waals surface area contributed by atoms with Gasteiger partial charge in [-0.05, 0) is 31.9 Å². The molecule has 21 heavy (non-hydrogen) atoms. The van der Waals surface area contributed by atoms with Gasteiger partial charge in [-0.15, -0.1) is 11.3 Å². The van der Waals surface area contributed by atoms with Gasteiger partial charge in [-0.3, -0.25) is 0 Å². The third kappa shape index (κ3) is 2.77. The minimum absolute atomic E-state index is 0.163. The van der Waals surface area contributed by atoms with Crippen molar-refractivity contribution in [3.8, 4) is 0 Å². The maximum Gasteiger partial charge on any atom is 0.103 e. The Kier molecular flexibility index (Phi) is 4.41. The van der Waals surface area contributed by atoms with E-state index in [1.165, 1.54) is 41.9 Å². The van der Waals surface area contributed by atoms with Crippen molar-refractivity contribution < 1.29 is 0 Å². The van der Waals surface area contributed by atoms with Gasteiger partial charge < -0.3 is 5.32 Å². The van der Waals surface area contributed by atoms with Crippen LogP contribution in [0.4, 0.5) is 0 Å². The Balaban J connectivity index is 1.95. The summed E-state index contributed by atoms with van der Waals surface area (Å²) in [4.78, 5) is 5.02. The van der Waals surface area contributed by atoms with Crippen molar-refractivity contribution in [3.05, 3.63) is 52.0 Å². The minimum atomic E-state index is 0.163. The molecule has 1 N–H and O–H groups in total. The first-order valence-electron chi connectivity index (χ1n) is 8.01. The standard InChI is InChI=1S/C18H24N2S/c1-3-19-14(2)16-13-21-17(20-16)18(11-7-8-12-18)15-9-5-4-6-10-15/h4-6,9-10,13-14,19H,3,7-8,11-12H2,1-2H3. The number of benzene rings is 1. The lowest BCUT2D eigenvalue weighted by Gasteiger charge is -2.27. The van der Waals surface area contributed by atoms with Gasteiger partial charge in [0.15, 0.2) is 0 Å². The van der Waals surface area contributed by atoms with E-state index >= 15 is 0 Å². The fourth-order valence-electron chi connectivity index (χ4n) is 3.48. The highest BCUT2D eigenvalue weighted by molar-refractivity contribution is 7.09. The van der Waals surface area contributed by atoms with E-state index in [0.717, 1.165) is 6.54 Å². The van der Waals surface area contributed by atoms with Crippen molar-refractivity contribution in [3.63, 3.8) is 0 Å². The number of aromatic nitrogens is 1. The molecule has 0 bridgehead atoms. The minimum Gasteiger partial charge on any atom is -0.309 e. The molecule has 1 aliphatic rings. The number of nitrogens with zero attached hydrogens (tertiary/aromatic N) is 1. The molecule has 2 nitrogen and oxygen atoms in total. The van der Waals surface area contributed by atoms with Crippen LogP contribution >= 0.6 is 11.3 Å². The van der Waals surface area contributed by atoms with Gasteiger partial charge in [-0.1, -0.05) is 50.1 Å². The topological polar surface area (TPSA) is 24.9 Å². The molecule has 3 heteroatoms. The van der Waals surface area contributed by atoms with Crippen molar-refractivity contribution >= 4 is 11.3 Å². The zero-order valence-electron chi connectivity index (χ0n) is 12.9. The lowest BCUT2D eigenvalue weighted by atomic mass is 9.79. The van der Waals surface area contributed by atoms with Crippen LogP contribution in [-0.4, -0.2) is 11.5 Å². The lowest BCUT2D eigenvalue weighted by molar-refractivity contribution is 0.522. The summed E-state index contributed by atoms with van der Waals surface area (Å²) in [5.74, 6) is 0. The third-order valence-corrected chi connectivity index (χ3v) is 5.73. The van der Waals surface area contributed by atoms with Crippen molar-refractivity contribution in [2.75, 3.05) is 6.54 Å². The Hall–Kier alpha value is -1.19. The summed E-state index contributed by atoms with van der Waals surface area (Å²) in [5, 5.41) is 7.01. The summed E-state index contributed by atoms with van der Waals surface area (Å²) >= 11 is 1.84. The summed E-state index contributed by atoms with van der Waals surface area (Å²) in [6.07, 6.45) is 5.10. The summed E-state index contributed by atoms with van der Waals surface area (Å²) in [7, 11) is 0. The molecule has 1 aliphatic carbocycles. The zero-order valence-corrected chi connectivity index (χ0v) is 13.7. The normalized spacial score (nSPS) is 18.8. The fourth-order valence-corrected chi connectivity index (χ4v) is 4.67. The van der Waals surface area contributed by atoms with Crippen LogP contribution in [-0.2, 0) is 5.41 Å². The van der Waals surface area contributed by atoms with Crippen LogP contribution in [0.2, 0.25) is 0 Å². The quantitative estimate of drug-likeness (QED) is 0.867. The lowest BCUT2D eigenvalue weighted by Crippen LogP contribution is -2.24. The van der Waals surface area contributed by atoms with Crippen LogP contribution in [0.5, 0.6) is 0 Å². The van der Waals surface area contributed by atoms with Crippen molar-refractivity contribution in [2.45, 2.75) is 51.0 Å². The van der Waals surface area contributed by atoms with Crippen LogP contribution < -0.4 is 5.32 Å². The molecule has 0 saturated heterocycles. The molecule has 112 valence electrons. The summed E-state index contributed by atoms with van der Waals surface area (Å²) in [6.45, 7) is 5.33. The van der Waals surface area contributed by atoms with Gasteiger partial charge in [-0.2, -0.15) is 0 Å². The predicted molar refractivity (Wildman–Crippen MR) is 89.9 cm³/mol. The van der Waals surface area contributed by atoms with Gasteiger partial charge in [-0.25, -0.2) is 4.98 Å². The summed E-state index contributed by atoms with van der Waals surface area (Å²) < 4.78 is 0. The molecule has 0 radical (unpaired) electrons. The van der Waals surface area contributed by atoms with E-state index in [9.17, 15) is 0 Å². The van der Waals surface area contributed by atoms with Gasteiger partial charge in [0.2, 0.25) is 0 Å². The first-order valence-corrected chi connectivity index (χ1v) is 8.89. The van der Waals surface area contributed by atoms with Gasteiger partial charge >= 0.3 is 0 Å². The molecule has 2 aromatic rings. The van der Waals surface area contributed by atoms with E-state index in [1.54, 1.807) is 0 Å². The molecule has 1 heterocycles. The number of hydrogen-bond donors (Lipinski definition) is 1. The maximum atomic E-state index is 5.02. The van der Waals surface area contributed by atoms with Crippen LogP contribution in [0.3, 0.4) is 0 Å². The largest absolute Gasteiger partial charge is 0.309 e. The second kappa shape index (κ2) is 6.29. The van der Waals surface area contributed by atoms with Crippen molar-refractivity contribution in [1.82, 2.24) is 10.3 Å². The first kappa shape index (κ1) is 14.7. The highest BCUT2D eigenvalue weighted by Crippen LogP contribution is 2.47. The maximum absolute atomic E-state index is 5.02. The SMILES string of the molecule is CCNC(C)c1csc(C2(c3ccccc3)CCCC2)n1. The second-order valence-corrected chi connectivity index (χ2v) is 6.87. The average molecular weight is 300 g/mol. The van der Waals surface area contributed by atoms with Crippen LogP contribution in [0.1, 0.15) is 61.8 Å². The molecule has 1 saturated carbocycles. The molecule has 1 atom stereocenters. The molecule has 0 aliphatic heterocycles. The Morgan fingerprint density at radius 3 is 2.62 bits per heavy atom. The van der Waals surface area contributed by atoms with E-state index in [2.05, 4.69) is 54.9 Å². The molecule has 3 rings (SSSR count). The Labute approximate surface area is 131 Å². The molecule has 1 unspecified atom stereocenters. The van der Waals surface area contributed by atoms with Gasteiger partial charge in [0, 0.05) is 16.8 Å². The predicted octanol–water partition coefficient (Wildman–Crippen LogP) is 4.67. The van der Waals surface area contributed by atoms with Gasteiger partial charge in [0.25, 0.3) is 0 Å². The number of rotatable bonds is 5. The molecule has 1 fully saturated rings. The van der Waals surface area contributed by atoms with Crippen LogP contribution in [0, 0.1) is 0 Å². The Morgan fingerprint density at radius 2 is 1.95 bits per heavy atom. The van der Waals surface area contributed by atoms with E-state index in [1.807, 2.05) is 11.3 Å². The molecule has 1 aromatic carbocycles. The van der Waals surface area contributed by atoms with E-state index in [0.29, 0.717) is 6.04 Å². The van der Waals surface area contributed by atoms with Crippen molar-refractivity contribution in [1.29, 1.82) is 0 Å². The number of hydrogen-bond acceptors (Lipinski definition) is 3. The summed E-state index contributed by atoms with van der Waals surface area (Å²) in [6, 6.07) is 11.3. The number of nitrogens with one attached hydrogen (secondary N) is 1. The van der Waals surface area contributed by atoms with E-state index in [4.69, 9.17) is 4.98 Å². The van der Waals surface area contributed by atoms with Gasteiger partial charge in [0.05, 0.1) is 5.69 Å². The highest BCUT2D eigenvalue weighted by Gasteiger charge is 2.39. The van der Waals surface area contributed by atoms with E-state index in [-0.39, 0.29) is 5.41 Å². The van der Waals surface area contributed by atoms with E-state index < -0.39 is 0 Å². The van der Waals surface area contributed by atoms with Crippen LogP contribution in [0.25, 0.3) is 0 Å². The molecular weight excluding hydrogens is 276 g/mol. The highest BCUT2D eigenvalue weighted by atomic mass is 32.1. The second-order valence-electron chi connectivity index (χ2n) is 6.01. The smallest absolute Gasteiger partial charge is 0.103 e. The monoisotopic (exact) mass is 300 g/mol. The molecule has 1 aromatic heterocycles. The Morgan fingerprint density at radius 1 is 1.24 bits per heavy atom. The number of thiazole rings is 1. The van der Waals surface area contributed by atoms with Gasteiger partial charge in [0.1, 0.15) is 5.01 Å². The van der Waals surface area contributed by atoms with Crippen LogP contribution in [0.15, 0.2) is 35.7 Å². The Bertz CT molecular complexity index is 570. The first-order chi connectivity index (χ1) is 10.3. The van der Waals surface area contributed by atoms with Crippen molar-refractivity contribution in [2.24, 2.45) is 0 Å². The average Bonchev–Trinajstić information content (AvgIpc) is 3.18.